The minimum atomic E-state index is -3.84. The number of benzene rings is 1. The molecule has 0 radical (unpaired) electrons. The van der Waals surface area contributed by atoms with Crippen molar-refractivity contribution in [3.63, 3.8) is 0 Å². The smallest absolute Gasteiger partial charge is 0.335 e. The molecule has 1 aliphatic rings. The zero-order valence-electron chi connectivity index (χ0n) is 12.7. The maximum atomic E-state index is 12.5. The molecular formula is C15H17N3O5S. The van der Waals surface area contributed by atoms with E-state index >= 15 is 0 Å². The Morgan fingerprint density at radius 2 is 2.21 bits per heavy atom. The first-order valence-corrected chi connectivity index (χ1v) is 8.93. The van der Waals surface area contributed by atoms with Gasteiger partial charge >= 0.3 is 5.97 Å². The highest BCUT2D eigenvalue weighted by atomic mass is 32.2. The number of hydrogen-bond donors (Lipinski definition) is 3. The van der Waals surface area contributed by atoms with E-state index in [1.165, 1.54) is 18.3 Å². The largest absolute Gasteiger partial charge is 0.478 e. The monoisotopic (exact) mass is 351 g/mol. The summed E-state index contributed by atoms with van der Waals surface area (Å²) in [5.41, 5.74) is 0.959. The predicted molar refractivity (Wildman–Crippen MR) is 85.1 cm³/mol. The Morgan fingerprint density at radius 3 is 2.83 bits per heavy atom. The third kappa shape index (κ3) is 3.64. The zero-order valence-corrected chi connectivity index (χ0v) is 13.5. The van der Waals surface area contributed by atoms with Crippen LogP contribution in [0, 0.1) is 0 Å². The van der Waals surface area contributed by atoms with Crippen LogP contribution < -0.4 is 4.72 Å². The number of carboxylic acids is 1. The van der Waals surface area contributed by atoms with Gasteiger partial charge in [-0.15, -0.1) is 0 Å². The molecule has 1 atom stereocenters. The van der Waals surface area contributed by atoms with Crippen LogP contribution in [0.4, 0.5) is 0 Å². The lowest BCUT2D eigenvalue weighted by Gasteiger charge is -2.12. The van der Waals surface area contributed by atoms with Crippen LogP contribution in [0.1, 0.15) is 23.2 Å². The molecule has 1 fully saturated rings. The normalized spacial score (nSPS) is 17.9. The Morgan fingerprint density at radius 1 is 1.38 bits per heavy atom. The summed E-state index contributed by atoms with van der Waals surface area (Å²) in [7, 11) is -3.84. The van der Waals surface area contributed by atoms with Gasteiger partial charge in [0, 0.05) is 24.9 Å². The molecule has 1 aromatic heterocycles. The SMILES string of the molecule is O=C(O)c1cc(-c2cn[nH]c2)cc(S(=O)(=O)NCC2CCCO2)c1. The lowest BCUT2D eigenvalue weighted by atomic mass is 10.1. The number of nitrogens with one attached hydrogen (secondary N) is 2. The molecule has 2 aromatic rings. The van der Waals surface area contributed by atoms with E-state index in [1.54, 1.807) is 6.20 Å². The van der Waals surface area contributed by atoms with Crippen molar-refractivity contribution in [2.45, 2.75) is 23.8 Å². The number of aromatic nitrogens is 2. The lowest BCUT2D eigenvalue weighted by Crippen LogP contribution is -2.32. The molecule has 9 heteroatoms. The molecule has 0 amide bonds. The van der Waals surface area contributed by atoms with Crippen LogP contribution in [0.15, 0.2) is 35.5 Å². The van der Waals surface area contributed by atoms with Gasteiger partial charge in [0.05, 0.1) is 22.8 Å². The number of sulfonamides is 1. The molecule has 8 nitrogen and oxygen atoms in total. The number of aromatic amines is 1. The summed E-state index contributed by atoms with van der Waals surface area (Å²) in [5.74, 6) is -1.20. The minimum Gasteiger partial charge on any atom is -0.478 e. The van der Waals surface area contributed by atoms with E-state index in [0.29, 0.717) is 17.7 Å². The van der Waals surface area contributed by atoms with Crippen molar-refractivity contribution < 1.29 is 23.1 Å². The Bertz CT molecular complexity index is 827. The van der Waals surface area contributed by atoms with Crippen molar-refractivity contribution >= 4 is 16.0 Å². The molecule has 1 aromatic carbocycles. The fourth-order valence-corrected chi connectivity index (χ4v) is 3.68. The average Bonchev–Trinajstić information content (AvgIpc) is 3.26. The summed E-state index contributed by atoms with van der Waals surface area (Å²) in [4.78, 5) is 11.2. The van der Waals surface area contributed by atoms with Crippen molar-refractivity contribution in [3.8, 4) is 11.1 Å². The molecular weight excluding hydrogens is 334 g/mol. The van der Waals surface area contributed by atoms with Crippen LogP contribution in [0.25, 0.3) is 11.1 Å². The number of rotatable bonds is 6. The fourth-order valence-electron chi connectivity index (χ4n) is 2.54. The van der Waals surface area contributed by atoms with E-state index in [4.69, 9.17) is 4.74 Å². The topological polar surface area (TPSA) is 121 Å². The highest BCUT2D eigenvalue weighted by molar-refractivity contribution is 7.89. The molecule has 0 spiro atoms. The maximum Gasteiger partial charge on any atom is 0.335 e. The summed E-state index contributed by atoms with van der Waals surface area (Å²) < 4.78 is 32.9. The number of carboxylic acid groups (broad SMARTS) is 1. The van der Waals surface area contributed by atoms with Crippen molar-refractivity contribution in [3.05, 3.63) is 36.2 Å². The van der Waals surface area contributed by atoms with Crippen molar-refractivity contribution in [2.24, 2.45) is 0 Å². The van der Waals surface area contributed by atoms with Gasteiger partial charge in [-0.05, 0) is 36.6 Å². The van der Waals surface area contributed by atoms with E-state index in [9.17, 15) is 18.3 Å². The Kier molecular flexibility index (Phi) is 4.65. The second-order valence-corrected chi connectivity index (χ2v) is 7.29. The molecule has 0 aliphatic carbocycles. The summed E-state index contributed by atoms with van der Waals surface area (Å²) in [5, 5.41) is 15.7. The number of hydrogen-bond acceptors (Lipinski definition) is 5. The Hall–Kier alpha value is -2.23. The van der Waals surface area contributed by atoms with E-state index in [0.717, 1.165) is 18.9 Å². The molecule has 1 saturated heterocycles. The van der Waals surface area contributed by atoms with Gasteiger partial charge in [-0.1, -0.05) is 0 Å². The Labute approximate surface area is 138 Å². The van der Waals surface area contributed by atoms with Gasteiger partial charge in [-0.3, -0.25) is 5.10 Å². The van der Waals surface area contributed by atoms with Gasteiger partial charge in [0.2, 0.25) is 10.0 Å². The number of nitrogens with zero attached hydrogens (tertiary/aromatic N) is 1. The maximum absolute atomic E-state index is 12.5. The lowest BCUT2D eigenvalue weighted by molar-refractivity contribution is 0.0696. The third-order valence-electron chi connectivity index (χ3n) is 3.82. The van der Waals surface area contributed by atoms with E-state index < -0.39 is 16.0 Å². The van der Waals surface area contributed by atoms with Gasteiger partial charge in [0.1, 0.15) is 0 Å². The van der Waals surface area contributed by atoms with Crippen molar-refractivity contribution in [1.82, 2.24) is 14.9 Å². The quantitative estimate of drug-likeness (QED) is 0.720. The van der Waals surface area contributed by atoms with Crippen molar-refractivity contribution in [2.75, 3.05) is 13.2 Å². The molecule has 128 valence electrons. The molecule has 24 heavy (non-hydrogen) atoms. The number of ether oxygens (including phenoxy) is 1. The third-order valence-corrected chi connectivity index (χ3v) is 5.22. The van der Waals surface area contributed by atoms with Crippen LogP contribution in [0.2, 0.25) is 0 Å². The standard InChI is InChI=1S/C15H17N3O5S/c19-15(20)11-4-10(12-7-16-17-8-12)5-14(6-11)24(21,22)18-9-13-2-1-3-23-13/h4-8,13,18H,1-3,9H2,(H,16,17)(H,19,20). The van der Waals surface area contributed by atoms with E-state index in [-0.39, 0.29) is 23.1 Å². The molecule has 2 heterocycles. The Balaban J connectivity index is 1.91. The molecule has 1 unspecified atom stereocenters. The van der Waals surface area contributed by atoms with Gasteiger partial charge in [-0.25, -0.2) is 17.9 Å². The second kappa shape index (κ2) is 6.71. The fraction of sp³-hybridized carbons (Fsp3) is 0.333. The number of H-pyrrole nitrogens is 1. The minimum absolute atomic E-state index is 0.100. The highest BCUT2D eigenvalue weighted by Crippen LogP contribution is 2.24. The summed E-state index contributed by atoms with van der Waals surface area (Å²) in [6.07, 6.45) is 4.63. The van der Waals surface area contributed by atoms with Crippen LogP contribution in [-0.2, 0) is 14.8 Å². The summed E-state index contributed by atoms with van der Waals surface area (Å²) in [6.45, 7) is 0.798. The zero-order chi connectivity index (χ0) is 17.2. The van der Waals surface area contributed by atoms with E-state index in [1.807, 2.05) is 0 Å². The van der Waals surface area contributed by atoms with Gasteiger partial charge in [-0.2, -0.15) is 5.10 Å². The van der Waals surface area contributed by atoms with E-state index in [2.05, 4.69) is 14.9 Å². The van der Waals surface area contributed by atoms with Crippen molar-refractivity contribution in [1.29, 1.82) is 0 Å². The van der Waals surface area contributed by atoms with Crippen LogP contribution in [0.5, 0.6) is 0 Å². The van der Waals surface area contributed by atoms with Crippen LogP contribution >= 0.6 is 0 Å². The van der Waals surface area contributed by atoms with Gasteiger partial charge in [0.25, 0.3) is 0 Å². The first-order valence-electron chi connectivity index (χ1n) is 7.44. The highest BCUT2D eigenvalue weighted by Gasteiger charge is 2.22. The molecule has 1 aliphatic heterocycles. The predicted octanol–water partition coefficient (Wildman–Crippen LogP) is 1.23. The van der Waals surface area contributed by atoms with Crippen LogP contribution in [-0.4, -0.2) is 48.9 Å². The summed E-state index contributed by atoms with van der Waals surface area (Å²) in [6, 6.07) is 3.98. The molecule has 0 bridgehead atoms. The summed E-state index contributed by atoms with van der Waals surface area (Å²) >= 11 is 0. The van der Waals surface area contributed by atoms with Gasteiger partial charge < -0.3 is 9.84 Å². The van der Waals surface area contributed by atoms with Crippen LogP contribution in [0.3, 0.4) is 0 Å². The average molecular weight is 351 g/mol. The molecule has 3 rings (SSSR count). The number of aromatic carboxylic acids is 1. The van der Waals surface area contributed by atoms with Gasteiger partial charge in [0.15, 0.2) is 0 Å². The molecule has 0 saturated carbocycles. The first-order chi connectivity index (χ1) is 11.5. The molecule has 3 N–H and O–H groups in total. The second-order valence-electron chi connectivity index (χ2n) is 5.53. The first kappa shape index (κ1) is 16.6. The number of carbonyl (C=O) groups is 1.